The minimum absolute atomic E-state index is 0.547. The van der Waals surface area contributed by atoms with Crippen LogP contribution >= 0.6 is 11.8 Å². The second kappa shape index (κ2) is 5.23. The van der Waals surface area contributed by atoms with E-state index in [1.165, 1.54) is 11.8 Å². The highest BCUT2D eigenvalue weighted by atomic mass is 32.2. The molecule has 0 radical (unpaired) electrons. The number of carbonyl (C=O) groups excluding carboxylic acids is 1. The molecule has 0 aromatic rings. The molecule has 1 fully saturated rings. The van der Waals surface area contributed by atoms with Gasteiger partial charge in [0, 0.05) is 12.0 Å². The SMILES string of the molecule is O=C(NC1(C2=CSC3=NCCN23)CCCCC1)C(F)(F)F. The van der Waals surface area contributed by atoms with Gasteiger partial charge in [-0.3, -0.25) is 9.79 Å². The van der Waals surface area contributed by atoms with Crippen LogP contribution in [-0.2, 0) is 4.79 Å². The first-order chi connectivity index (χ1) is 9.92. The first-order valence-electron chi connectivity index (χ1n) is 7.01. The highest BCUT2D eigenvalue weighted by Gasteiger charge is 2.48. The molecule has 0 unspecified atom stereocenters. The number of amidine groups is 1. The Morgan fingerprint density at radius 3 is 2.71 bits per heavy atom. The van der Waals surface area contributed by atoms with Crippen molar-refractivity contribution < 1.29 is 18.0 Å². The van der Waals surface area contributed by atoms with E-state index in [0.29, 0.717) is 25.9 Å². The molecule has 0 atom stereocenters. The lowest BCUT2D eigenvalue weighted by Crippen LogP contribution is -2.57. The maximum Gasteiger partial charge on any atom is 0.471 e. The predicted molar refractivity (Wildman–Crippen MR) is 74.7 cm³/mol. The van der Waals surface area contributed by atoms with Crippen LogP contribution < -0.4 is 5.32 Å². The molecule has 4 nitrogen and oxygen atoms in total. The van der Waals surface area contributed by atoms with Crippen molar-refractivity contribution in [3.8, 4) is 0 Å². The summed E-state index contributed by atoms with van der Waals surface area (Å²) in [6, 6.07) is 0. The number of nitrogens with one attached hydrogen (secondary N) is 1. The van der Waals surface area contributed by atoms with Crippen LogP contribution in [0.25, 0.3) is 0 Å². The Kier molecular flexibility index (Phi) is 3.67. The fourth-order valence-electron chi connectivity index (χ4n) is 3.18. The quantitative estimate of drug-likeness (QED) is 0.851. The molecule has 0 aromatic heterocycles. The average Bonchev–Trinajstić information content (AvgIpc) is 3.00. The molecule has 0 spiro atoms. The lowest BCUT2D eigenvalue weighted by Gasteiger charge is -2.41. The third-order valence-corrected chi connectivity index (χ3v) is 5.08. The summed E-state index contributed by atoms with van der Waals surface area (Å²) in [7, 11) is 0. The molecule has 2 heterocycles. The van der Waals surface area contributed by atoms with E-state index in [1.807, 2.05) is 10.3 Å². The van der Waals surface area contributed by atoms with Gasteiger partial charge in [-0.25, -0.2) is 0 Å². The highest BCUT2D eigenvalue weighted by Crippen LogP contribution is 2.42. The Hall–Kier alpha value is -1.18. The van der Waals surface area contributed by atoms with Crippen LogP contribution in [0.5, 0.6) is 0 Å². The second-order valence-electron chi connectivity index (χ2n) is 5.53. The van der Waals surface area contributed by atoms with E-state index < -0.39 is 17.6 Å². The van der Waals surface area contributed by atoms with Gasteiger partial charge in [-0.1, -0.05) is 31.0 Å². The zero-order valence-corrected chi connectivity index (χ0v) is 12.2. The highest BCUT2D eigenvalue weighted by molar-refractivity contribution is 8.16. The number of halogens is 3. The molecule has 0 saturated heterocycles. The first kappa shape index (κ1) is 14.7. The molecule has 1 aliphatic carbocycles. The molecule has 116 valence electrons. The van der Waals surface area contributed by atoms with E-state index in [2.05, 4.69) is 10.3 Å². The van der Waals surface area contributed by atoms with Crippen molar-refractivity contribution in [2.45, 2.75) is 43.8 Å². The molecule has 0 aromatic carbocycles. The van der Waals surface area contributed by atoms with Crippen LogP contribution in [0.4, 0.5) is 13.2 Å². The predicted octanol–water partition coefficient (Wildman–Crippen LogP) is 2.63. The zero-order chi connectivity index (χ0) is 15.1. The van der Waals surface area contributed by atoms with Gasteiger partial charge in [-0.15, -0.1) is 0 Å². The van der Waals surface area contributed by atoms with Gasteiger partial charge in [-0.2, -0.15) is 13.2 Å². The summed E-state index contributed by atoms with van der Waals surface area (Å²) in [6.45, 7) is 1.33. The lowest BCUT2D eigenvalue weighted by molar-refractivity contribution is -0.175. The van der Waals surface area contributed by atoms with Crippen molar-refractivity contribution in [3.63, 3.8) is 0 Å². The summed E-state index contributed by atoms with van der Waals surface area (Å²) in [4.78, 5) is 17.7. The molecule has 2 aliphatic heterocycles. The van der Waals surface area contributed by atoms with Crippen molar-refractivity contribution in [3.05, 3.63) is 11.1 Å². The maximum atomic E-state index is 12.7. The summed E-state index contributed by atoms with van der Waals surface area (Å²) < 4.78 is 38.0. The topological polar surface area (TPSA) is 44.7 Å². The van der Waals surface area contributed by atoms with Gasteiger partial charge in [-0.05, 0) is 12.8 Å². The minimum atomic E-state index is -4.85. The molecule has 8 heteroatoms. The molecular formula is C13H16F3N3OS. The Morgan fingerprint density at radius 1 is 1.33 bits per heavy atom. The molecule has 3 aliphatic rings. The van der Waals surface area contributed by atoms with E-state index in [9.17, 15) is 18.0 Å². The van der Waals surface area contributed by atoms with Gasteiger partial charge in [0.2, 0.25) is 0 Å². The van der Waals surface area contributed by atoms with Gasteiger partial charge in [0.15, 0.2) is 5.17 Å². The molecule has 1 saturated carbocycles. The van der Waals surface area contributed by atoms with Gasteiger partial charge in [0.25, 0.3) is 0 Å². The Labute approximate surface area is 124 Å². The van der Waals surface area contributed by atoms with Crippen LogP contribution in [0.15, 0.2) is 16.1 Å². The fourth-order valence-corrected chi connectivity index (χ4v) is 4.24. The molecule has 1 amide bonds. The van der Waals surface area contributed by atoms with Gasteiger partial charge in [0.05, 0.1) is 17.8 Å². The Balaban J connectivity index is 1.87. The third kappa shape index (κ3) is 2.65. The van der Waals surface area contributed by atoms with Gasteiger partial charge < -0.3 is 10.2 Å². The van der Waals surface area contributed by atoms with E-state index in [4.69, 9.17) is 0 Å². The number of hydrogen-bond acceptors (Lipinski definition) is 4. The van der Waals surface area contributed by atoms with Crippen LogP contribution in [0, 0.1) is 0 Å². The third-order valence-electron chi connectivity index (χ3n) is 4.18. The standard InChI is InChI=1S/C13H16F3N3OS/c14-13(15,16)10(20)18-12(4-2-1-3-5-12)9-8-21-11-17-6-7-19(9)11/h8H,1-7H2,(H,18,20). The summed E-state index contributed by atoms with van der Waals surface area (Å²) in [6.07, 6.45) is -1.12. The first-order valence-corrected chi connectivity index (χ1v) is 7.89. The van der Waals surface area contributed by atoms with Gasteiger partial charge in [0.1, 0.15) is 0 Å². The number of rotatable bonds is 2. The number of carbonyl (C=O) groups is 1. The molecule has 21 heavy (non-hydrogen) atoms. The zero-order valence-electron chi connectivity index (χ0n) is 11.4. The van der Waals surface area contributed by atoms with E-state index in [-0.39, 0.29) is 0 Å². The molecule has 1 N–H and O–H groups in total. The number of fused-ring (bicyclic) bond motifs is 1. The minimum Gasteiger partial charge on any atom is -0.337 e. The van der Waals surface area contributed by atoms with Crippen LogP contribution in [0.1, 0.15) is 32.1 Å². The number of nitrogens with zero attached hydrogens (tertiary/aromatic N) is 2. The van der Waals surface area contributed by atoms with Crippen LogP contribution in [0.3, 0.4) is 0 Å². The molecule has 3 rings (SSSR count). The maximum absolute atomic E-state index is 12.7. The largest absolute Gasteiger partial charge is 0.471 e. The van der Waals surface area contributed by atoms with Crippen molar-refractivity contribution in [1.82, 2.24) is 10.2 Å². The van der Waals surface area contributed by atoms with Crippen molar-refractivity contribution in [2.75, 3.05) is 13.1 Å². The van der Waals surface area contributed by atoms with E-state index in [0.717, 1.165) is 30.1 Å². The summed E-state index contributed by atoms with van der Waals surface area (Å²) in [5, 5.41) is 4.96. The molecule has 0 bridgehead atoms. The normalized spacial score (nSPS) is 24.4. The summed E-state index contributed by atoms with van der Waals surface area (Å²) in [5.74, 6) is -1.85. The van der Waals surface area contributed by atoms with Crippen molar-refractivity contribution in [2.24, 2.45) is 4.99 Å². The second-order valence-corrected chi connectivity index (χ2v) is 6.37. The number of aliphatic imine (C=N–C) groups is 1. The molecular weight excluding hydrogens is 303 g/mol. The monoisotopic (exact) mass is 319 g/mol. The van der Waals surface area contributed by atoms with E-state index >= 15 is 0 Å². The van der Waals surface area contributed by atoms with Crippen LogP contribution in [-0.4, -0.2) is 40.8 Å². The number of thioether (sulfide) groups is 1. The summed E-state index contributed by atoms with van der Waals surface area (Å²) in [5.41, 5.74) is -0.125. The van der Waals surface area contributed by atoms with Crippen LogP contribution in [0.2, 0.25) is 0 Å². The summed E-state index contributed by atoms with van der Waals surface area (Å²) >= 11 is 1.43. The number of amides is 1. The number of hydrogen-bond donors (Lipinski definition) is 1. The Bertz CT molecular complexity index is 509. The van der Waals surface area contributed by atoms with Crippen molar-refractivity contribution in [1.29, 1.82) is 0 Å². The van der Waals surface area contributed by atoms with E-state index in [1.54, 1.807) is 0 Å². The average molecular weight is 319 g/mol. The fraction of sp³-hybridized carbons (Fsp3) is 0.692. The lowest BCUT2D eigenvalue weighted by atomic mass is 9.79. The smallest absolute Gasteiger partial charge is 0.337 e. The number of alkyl halides is 3. The van der Waals surface area contributed by atoms with Crippen molar-refractivity contribution >= 4 is 22.8 Å². The Morgan fingerprint density at radius 2 is 2.05 bits per heavy atom. The van der Waals surface area contributed by atoms with Gasteiger partial charge >= 0.3 is 12.1 Å².